The van der Waals surface area contributed by atoms with Gasteiger partial charge in [-0.25, -0.2) is 4.98 Å². The van der Waals surface area contributed by atoms with Gasteiger partial charge in [-0.2, -0.15) is 4.99 Å². The number of thiophene rings is 1. The predicted octanol–water partition coefficient (Wildman–Crippen LogP) is 6.33. The van der Waals surface area contributed by atoms with Gasteiger partial charge in [0.05, 0.1) is 38.5 Å². The molecule has 0 atom stereocenters. The number of pyridine rings is 1. The number of nitrogens with zero attached hydrogens (tertiary/aromatic N) is 3. The molecule has 5 rings (SSSR count). The van der Waals surface area contributed by atoms with Gasteiger partial charge in [-0.15, -0.1) is 11.3 Å². The highest BCUT2D eigenvalue weighted by atomic mass is 35.5. The summed E-state index contributed by atoms with van der Waals surface area (Å²) in [7, 11) is 1.66. The van der Waals surface area contributed by atoms with Crippen LogP contribution in [0, 0.1) is 6.92 Å². The van der Waals surface area contributed by atoms with Crippen LogP contribution >= 0.6 is 34.3 Å². The van der Waals surface area contributed by atoms with Crippen molar-refractivity contribution in [3.63, 3.8) is 0 Å². The van der Waals surface area contributed by atoms with Crippen LogP contribution in [0.25, 0.3) is 31.7 Å². The molecule has 0 bridgehead atoms. The third-order valence-corrected chi connectivity index (χ3v) is 7.81. The van der Waals surface area contributed by atoms with Gasteiger partial charge in [-0.3, -0.25) is 4.79 Å². The summed E-state index contributed by atoms with van der Waals surface area (Å²) in [5.41, 5.74) is 4.02. The van der Waals surface area contributed by atoms with Gasteiger partial charge in [0.1, 0.15) is 0 Å². The number of ether oxygens (including phenoxy) is 1. The van der Waals surface area contributed by atoms with Crippen LogP contribution in [-0.4, -0.2) is 29.2 Å². The molecule has 0 aliphatic carbocycles. The maximum atomic E-state index is 13.5. The zero-order chi connectivity index (χ0) is 22.9. The second-order valence-corrected chi connectivity index (χ2v) is 9.88. The van der Waals surface area contributed by atoms with Crippen molar-refractivity contribution >= 4 is 61.3 Å². The lowest BCUT2D eigenvalue weighted by molar-refractivity contribution is 0.0999. The number of amides is 1. The zero-order valence-electron chi connectivity index (χ0n) is 18.0. The topological polar surface area (TPSA) is 56.5 Å². The third-order valence-electron chi connectivity index (χ3n) is 5.47. The quantitative estimate of drug-likeness (QED) is 0.287. The van der Waals surface area contributed by atoms with E-state index in [-0.39, 0.29) is 5.91 Å². The molecule has 0 saturated heterocycles. The molecular weight excluding hydrogens is 474 g/mol. The maximum Gasteiger partial charge on any atom is 0.280 e. The Balaban J connectivity index is 1.71. The molecule has 0 unspecified atom stereocenters. The summed E-state index contributed by atoms with van der Waals surface area (Å²) in [5, 5.41) is 3.47. The van der Waals surface area contributed by atoms with E-state index in [1.165, 1.54) is 11.3 Å². The number of fused-ring (bicyclic) bond motifs is 2. The largest absolute Gasteiger partial charge is 0.383 e. The van der Waals surface area contributed by atoms with Crippen LogP contribution in [0.4, 0.5) is 0 Å². The van der Waals surface area contributed by atoms with Crippen LogP contribution in [0.5, 0.6) is 0 Å². The van der Waals surface area contributed by atoms with E-state index < -0.39 is 0 Å². The molecule has 2 aromatic carbocycles. The number of thiazole rings is 1. The Hall–Kier alpha value is -2.84. The summed E-state index contributed by atoms with van der Waals surface area (Å²) in [6.45, 7) is 3.05. The Labute approximate surface area is 203 Å². The monoisotopic (exact) mass is 493 g/mol. The van der Waals surface area contributed by atoms with Crippen LogP contribution in [0.3, 0.4) is 0 Å². The van der Waals surface area contributed by atoms with Crippen LogP contribution < -0.4 is 4.80 Å². The van der Waals surface area contributed by atoms with Gasteiger partial charge in [-0.05, 0) is 48.2 Å². The number of hydrogen-bond acceptors (Lipinski definition) is 5. The third kappa shape index (κ3) is 4.13. The molecule has 3 aromatic heterocycles. The van der Waals surface area contributed by atoms with Crippen molar-refractivity contribution in [1.29, 1.82) is 0 Å². The molecule has 0 fully saturated rings. The fraction of sp³-hybridized carbons (Fsp3) is 0.160. The van der Waals surface area contributed by atoms with Crippen molar-refractivity contribution < 1.29 is 9.53 Å². The van der Waals surface area contributed by atoms with E-state index in [4.69, 9.17) is 21.3 Å². The predicted molar refractivity (Wildman–Crippen MR) is 136 cm³/mol. The summed E-state index contributed by atoms with van der Waals surface area (Å²) >= 11 is 9.46. The van der Waals surface area contributed by atoms with E-state index in [9.17, 15) is 4.79 Å². The van der Waals surface area contributed by atoms with Crippen molar-refractivity contribution in [2.75, 3.05) is 13.7 Å². The Kier molecular flexibility index (Phi) is 6.12. The Morgan fingerprint density at radius 2 is 2.03 bits per heavy atom. The Bertz CT molecular complexity index is 1550. The first-order chi connectivity index (χ1) is 16.1. The van der Waals surface area contributed by atoms with Gasteiger partial charge >= 0.3 is 0 Å². The van der Waals surface area contributed by atoms with E-state index in [0.29, 0.717) is 28.5 Å². The van der Waals surface area contributed by atoms with Crippen molar-refractivity contribution in [2.45, 2.75) is 13.5 Å². The number of hydrogen-bond donors (Lipinski definition) is 0. The standard InChI is InChI=1S/C25H20ClN3O2S2/c1-15-18(26)9-10-22-23(15)29(11-12-31-2)25(33-22)28-24(30)17-14-20(21-8-5-13-32-21)27-19-7-4-3-6-16(17)19/h3-10,13-14H,11-12H2,1-2H3. The van der Waals surface area contributed by atoms with Gasteiger partial charge in [-0.1, -0.05) is 47.2 Å². The molecule has 0 radical (unpaired) electrons. The molecule has 33 heavy (non-hydrogen) atoms. The molecular formula is C25H20ClN3O2S2. The van der Waals surface area contributed by atoms with E-state index in [0.717, 1.165) is 37.3 Å². The maximum absolute atomic E-state index is 13.5. The van der Waals surface area contributed by atoms with Gasteiger partial charge in [0, 0.05) is 24.1 Å². The van der Waals surface area contributed by atoms with Gasteiger partial charge in [0.2, 0.25) is 0 Å². The molecule has 5 aromatic rings. The lowest BCUT2D eigenvalue weighted by Gasteiger charge is -2.08. The highest BCUT2D eigenvalue weighted by molar-refractivity contribution is 7.16. The minimum atomic E-state index is -0.298. The summed E-state index contributed by atoms with van der Waals surface area (Å²) < 4.78 is 8.36. The molecule has 0 spiro atoms. The first-order valence-electron chi connectivity index (χ1n) is 10.4. The first kappa shape index (κ1) is 22.0. The molecule has 8 heteroatoms. The Morgan fingerprint density at radius 3 is 2.82 bits per heavy atom. The molecule has 0 N–H and O–H groups in total. The number of carbonyl (C=O) groups excluding carboxylic acids is 1. The zero-order valence-corrected chi connectivity index (χ0v) is 20.4. The lowest BCUT2D eigenvalue weighted by atomic mass is 10.1. The summed E-state index contributed by atoms with van der Waals surface area (Å²) in [4.78, 5) is 24.5. The van der Waals surface area contributed by atoms with Crippen molar-refractivity contribution in [3.8, 4) is 10.6 Å². The number of benzene rings is 2. The van der Waals surface area contributed by atoms with E-state index in [1.54, 1.807) is 18.4 Å². The molecule has 0 aliphatic heterocycles. The van der Waals surface area contributed by atoms with Crippen LogP contribution in [0.15, 0.2) is 65.0 Å². The highest BCUT2D eigenvalue weighted by Crippen LogP contribution is 2.29. The number of halogens is 1. The summed E-state index contributed by atoms with van der Waals surface area (Å²) in [6.07, 6.45) is 0. The number of aromatic nitrogens is 2. The summed E-state index contributed by atoms with van der Waals surface area (Å²) in [5.74, 6) is -0.298. The minimum Gasteiger partial charge on any atom is -0.383 e. The number of methoxy groups -OCH3 is 1. The number of para-hydroxylation sites is 1. The molecule has 1 amide bonds. The van der Waals surface area contributed by atoms with Crippen molar-refractivity contribution in [3.05, 3.63) is 80.9 Å². The first-order valence-corrected chi connectivity index (χ1v) is 12.4. The Morgan fingerprint density at radius 1 is 1.18 bits per heavy atom. The average molecular weight is 494 g/mol. The van der Waals surface area contributed by atoms with Gasteiger partial charge in [0.25, 0.3) is 5.91 Å². The second-order valence-electron chi connectivity index (χ2n) is 7.51. The van der Waals surface area contributed by atoms with E-state index in [1.807, 2.05) is 71.5 Å². The number of aryl methyl sites for hydroxylation is 1. The second kappa shape index (κ2) is 9.19. The summed E-state index contributed by atoms with van der Waals surface area (Å²) in [6, 6.07) is 17.4. The van der Waals surface area contributed by atoms with E-state index >= 15 is 0 Å². The SMILES string of the molecule is COCCn1c(=NC(=O)c2cc(-c3cccs3)nc3ccccc23)sc2ccc(Cl)c(C)c21. The van der Waals surface area contributed by atoms with Crippen LogP contribution in [0.2, 0.25) is 5.02 Å². The van der Waals surface area contributed by atoms with Gasteiger partial charge in [0.15, 0.2) is 4.80 Å². The fourth-order valence-electron chi connectivity index (χ4n) is 3.84. The molecule has 0 aliphatic rings. The van der Waals surface area contributed by atoms with Crippen molar-refractivity contribution in [1.82, 2.24) is 9.55 Å². The van der Waals surface area contributed by atoms with Gasteiger partial charge < -0.3 is 9.30 Å². The fourth-order valence-corrected chi connectivity index (χ4v) is 5.79. The molecule has 0 saturated carbocycles. The lowest BCUT2D eigenvalue weighted by Crippen LogP contribution is -2.20. The van der Waals surface area contributed by atoms with Crippen molar-refractivity contribution in [2.24, 2.45) is 4.99 Å². The average Bonchev–Trinajstić information content (AvgIpc) is 3.48. The number of carbonyl (C=O) groups is 1. The van der Waals surface area contributed by atoms with Crippen LogP contribution in [-0.2, 0) is 11.3 Å². The smallest absolute Gasteiger partial charge is 0.280 e. The number of rotatable bonds is 5. The normalized spacial score (nSPS) is 12.2. The molecule has 3 heterocycles. The van der Waals surface area contributed by atoms with Crippen LogP contribution in [0.1, 0.15) is 15.9 Å². The minimum absolute atomic E-state index is 0.298. The highest BCUT2D eigenvalue weighted by Gasteiger charge is 2.16. The molecule has 166 valence electrons. The molecule has 5 nitrogen and oxygen atoms in total. The van der Waals surface area contributed by atoms with E-state index in [2.05, 4.69) is 4.99 Å².